The van der Waals surface area contributed by atoms with E-state index in [0.29, 0.717) is 0 Å². The van der Waals surface area contributed by atoms with Gasteiger partial charge in [-0.1, -0.05) is 0 Å². The van der Waals surface area contributed by atoms with Crippen LogP contribution in [0.4, 0.5) is 26.3 Å². The Hall–Kier alpha value is -0.750. The van der Waals surface area contributed by atoms with Crippen LogP contribution in [0.2, 0.25) is 0 Å². The van der Waals surface area contributed by atoms with Gasteiger partial charge >= 0.3 is 12.4 Å². The van der Waals surface area contributed by atoms with E-state index in [1.54, 1.807) is 0 Å². The van der Waals surface area contributed by atoms with Gasteiger partial charge in [0.25, 0.3) is 0 Å². The van der Waals surface area contributed by atoms with Gasteiger partial charge in [0.05, 0.1) is 0 Å². The summed E-state index contributed by atoms with van der Waals surface area (Å²) in [5.41, 5.74) is 0. The molecular formula is C7H6F6O. The number of alkyl halides is 6. The van der Waals surface area contributed by atoms with Crippen molar-refractivity contribution in [2.24, 2.45) is 11.8 Å². The third-order valence-electron chi connectivity index (χ3n) is 2.22. The van der Waals surface area contributed by atoms with Gasteiger partial charge < -0.3 is 0 Å². The zero-order valence-electron chi connectivity index (χ0n) is 6.74. The normalized spacial score (nSPS) is 29.7. The third-order valence-corrected chi connectivity index (χ3v) is 2.22. The molecule has 0 bridgehead atoms. The second kappa shape index (κ2) is 3.13. The first-order chi connectivity index (χ1) is 6.14. The molecule has 0 aromatic heterocycles. The summed E-state index contributed by atoms with van der Waals surface area (Å²) >= 11 is 0. The summed E-state index contributed by atoms with van der Waals surface area (Å²) in [5.74, 6) is -6.62. The Morgan fingerprint density at radius 3 is 1.29 bits per heavy atom. The second-order valence-electron chi connectivity index (χ2n) is 3.17. The van der Waals surface area contributed by atoms with Crippen LogP contribution in [0.15, 0.2) is 0 Å². The maximum absolute atomic E-state index is 12.0. The van der Waals surface area contributed by atoms with E-state index in [4.69, 9.17) is 0 Å². The first kappa shape index (κ1) is 11.3. The van der Waals surface area contributed by atoms with Crippen LogP contribution in [-0.4, -0.2) is 18.1 Å². The molecule has 0 aromatic rings. The molecule has 82 valence electrons. The van der Waals surface area contributed by atoms with Crippen molar-refractivity contribution in [1.82, 2.24) is 0 Å². The van der Waals surface area contributed by atoms with Gasteiger partial charge in [0.15, 0.2) is 5.78 Å². The predicted octanol–water partition coefficient (Wildman–Crippen LogP) is 2.71. The van der Waals surface area contributed by atoms with Gasteiger partial charge in [-0.15, -0.1) is 0 Å². The molecule has 7 heteroatoms. The Morgan fingerprint density at radius 2 is 1.14 bits per heavy atom. The number of Topliss-reactive ketones (excluding diaryl/α,β-unsaturated/α-hetero) is 1. The van der Waals surface area contributed by atoms with Crippen LogP contribution < -0.4 is 0 Å². The van der Waals surface area contributed by atoms with Gasteiger partial charge in [-0.2, -0.15) is 26.3 Å². The lowest BCUT2D eigenvalue weighted by Crippen LogP contribution is -2.34. The fourth-order valence-corrected chi connectivity index (χ4v) is 1.51. The summed E-state index contributed by atoms with van der Waals surface area (Å²) in [6, 6.07) is 0. The largest absolute Gasteiger partial charge is 0.398 e. The average Bonchev–Trinajstić information content (AvgIpc) is 2.26. The molecule has 2 unspecified atom stereocenters. The molecule has 0 amide bonds. The molecule has 0 aromatic carbocycles. The summed E-state index contributed by atoms with van der Waals surface area (Å²) in [4.78, 5) is 10.8. The molecule has 2 atom stereocenters. The fraction of sp³-hybridized carbons (Fsp3) is 0.857. The molecule has 1 saturated carbocycles. The van der Waals surface area contributed by atoms with Crippen LogP contribution in [0.5, 0.6) is 0 Å². The van der Waals surface area contributed by atoms with Crippen LogP contribution in [0.1, 0.15) is 12.8 Å². The van der Waals surface area contributed by atoms with E-state index in [-0.39, 0.29) is 0 Å². The highest BCUT2D eigenvalue weighted by Gasteiger charge is 2.57. The Balaban J connectivity index is 2.80. The minimum atomic E-state index is -4.85. The molecule has 1 fully saturated rings. The molecular weight excluding hydrogens is 214 g/mol. The Morgan fingerprint density at radius 1 is 0.857 bits per heavy atom. The highest BCUT2D eigenvalue weighted by atomic mass is 19.4. The number of rotatable bonds is 0. The van der Waals surface area contributed by atoms with Crippen molar-refractivity contribution in [3.63, 3.8) is 0 Å². The van der Waals surface area contributed by atoms with E-state index in [1.807, 2.05) is 0 Å². The predicted molar refractivity (Wildman–Crippen MR) is 33.3 cm³/mol. The molecule has 1 nitrogen and oxygen atoms in total. The van der Waals surface area contributed by atoms with Crippen LogP contribution in [0.25, 0.3) is 0 Å². The quantitative estimate of drug-likeness (QED) is 0.573. The van der Waals surface area contributed by atoms with E-state index in [1.165, 1.54) is 0 Å². The maximum Gasteiger partial charge on any atom is 0.398 e. The van der Waals surface area contributed by atoms with Gasteiger partial charge in [-0.25, -0.2) is 0 Å². The van der Waals surface area contributed by atoms with Gasteiger partial charge in [0.1, 0.15) is 11.8 Å². The van der Waals surface area contributed by atoms with Crippen molar-refractivity contribution in [1.29, 1.82) is 0 Å². The average molecular weight is 220 g/mol. The highest BCUT2D eigenvalue weighted by molar-refractivity contribution is 5.86. The zero-order chi connectivity index (χ0) is 11.1. The molecule has 1 aliphatic rings. The maximum atomic E-state index is 12.0. The number of halogens is 6. The summed E-state index contributed by atoms with van der Waals surface area (Å²) in [6.07, 6.45) is -11.2. The van der Waals surface area contributed by atoms with Crippen molar-refractivity contribution in [2.75, 3.05) is 0 Å². The highest BCUT2D eigenvalue weighted by Crippen LogP contribution is 2.44. The standard InChI is InChI=1S/C7H6F6O/c8-6(9,10)3-1-2-4(5(3)14)7(11,12)13/h3-4H,1-2H2. The van der Waals surface area contributed by atoms with Crippen molar-refractivity contribution in [3.05, 3.63) is 0 Å². The fourth-order valence-electron chi connectivity index (χ4n) is 1.51. The van der Waals surface area contributed by atoms with Crippen molar-refractivity contribution >= 4 is 5.78 Å². The van der Waals surface area contributed by atoms with Crippen LogP contribution >= 0.6 is 0 Å². The minimum absolute atomic E-state index is 0.757. The first-order valence-electron chi connectivity index (χ1n) is 3.81. The van der Waals surface area contributed by atoms with Crippen molar-refractivity contribution < 1.29 is 31.1 Å². The number of ketones is 1. The lowest BCUT2D eigenvalue weighted by molar-refractivity contribution is -0.192. The number of carbonyl (C=O) groups excluding carboxylic acids is 1. The van der Waals surface area contributed by atoms with Crippen LogP contribution in [0, 0.1) is 11.8 Å². The number of carbonyl (C=O) groups is 1. The zero-order valence-corrected chi connectivity index (χ0v) is 6.74. The van der Waals surface area contributed by atoms with Crippen molar-refractivity contribution in [3.8, 4) is 0 Å². The Labute approximate surface area is 75.1 Å². The van der Waals surface area contributed by atoms with Crippen LogP contribution in [0.3, 0.4) is 0 Å². The summed E-state index contributed by atoms with van der Waals surface area (Å²) < 4.78 is 71.9. The SMILES string of the molecule is O=C1C(C(F)(F)F)CCC1C(F)(F)F. The topological polar surface area (TPSA) is 17.1 Å². The van der Waals surface area contributed by atoms with Gasteiger partial charge in [-0.3, -0.25) is 4.79 Å². The molecule has 0 N–H and O–H groups in total. The molecule has 0 saturated heterocycles. The van der Waals surface area contributed by atoms with E-state index in [9.17, 15) is 31.1 Å². The van der Waals surface area contributed by atoms with Gasteiger partial charge in [0, 0.05) is 0 Å². The molecule has 1 rings (SSSR count). The molecule has 0 radical (unpaired) electrons. The Bertz CT molecular complexity index is 216. The van der Waals surface area contributed by atoms with E-state index in [0.717, 1.165) is 0 Å². The summed E-state index contributed by atoms with van der Waals surface area (Å²) in [7, 11) is 0. The second-order valence-corrected chi connectivity index (χ2v) is 3.17. The van der Waals surface area contributed by atoms with Crippen LogP contribution in [-0.2, 0) is 4.79 Å². The van der Waals surface area contributed by atoms with E-state index >= 15 is 0 Å². The molecule has 14 heavy (non-hydrogen) atoms. The summed E-state index contributed by atoms with van der Waals surface area (Å²) in [5, 5.41) is 0. The molecule has 0 aliphatic heterocycles. The summed E-state index contributed by atoms with van der Waals surface area (Å²) in [6.45, 7) is 0. The minimum Gasteiger partial charge on any atom is -0.298 e. The van der Waals surface area contributed by atoms with Gasteiger partial charge in [-0.05, 0) is 12.8 Å². The molecule has 0 spiro atoms. The smallest absolute Gasteiger partial charge is 0.298 e. The lowest BCUT2D eigenvalue weighted by Gasteiger charge is -2.15. The van der Waals surface area contributed by atoms with Crippen molar-refractivity contribution in [2.45, 2.75) is 25.2 Å². The van der Waals surface area contributed by atoms with E-state index in [2.05, 4.69) is 0 Å². The Kier molecular flexibility index (Phi) is 2.53. The third kappa shape index (κ3) is 2.01. The molecule has 1 aliphatic carbocycles. The van der Waals surface area contributed by atoms with E-state index < -0.39 is 42.8 Å². The number of hydrogen-bond acceptors (Lipinski definition) is 1. The monoisotopic (exact) mass is 220 g/mol. The first-order valence-corrected chi connectivity index (χ1v) is 3.81. The van der Waals surface area contributed by atoms with Gasteiger partial charge in [0.2, 0.25) is 0 Å². The lowest BCUT2D eigenvalue weighted by atomic mass is 10.0. The number of hydrogen-bond donors (Lipinski definition) is 0. The molecule has 0 heterocycles.